The normalized spacial score (nSPS) is 16.2. The first-order valence-corrected chi connectivity index (χ1v) is 7.32. The smallest absolute Gasteiger partial charge is 0.255 e. The zero-order chi connectivity index (χ0) is 14.7. The molecule has 0 saturated carbocycles. The van der Waals surface area contributed by atoms with Gasteiger partial charge in [-0.15, -0.1) is 0 Å². The third-order valence-corrected chi connectivity index (χ3v) is 4.09. The lowest BCUT2D eigenvalue weighted by Crippen LogP contribution is -2.50. The van der Waals surface area contributed by atoms with Crippen LogP contribution in [0.1, 0.15) is 15.9 Å². The predicted octanol–water partition coefficient (Wildman–Crippen LogP) is 1.69. The number of rotatable bonds is 3. The van der Waals surface area contributed by atoms with Crippen molar-refractivity contribution in [2.75, 3.05) is 32.7 Å². The Morgan fingerprint density at radius 2 is 2.00 bits per heavy atom. The summed E-state index contributed by atoms with van der Waals surface area (Å²) in [6.07, 6.45) is 0. The number of aryl methyl sites for hydroxylation is 1. The molecule has 1 aromatic rings. The van der Waals surface area contributed by atoms with E-state index in [1.807, 2.05) is 24.0 Å². The van der Waals surface area contributed by atoms with E-state index in [0.717, 1.165) is 18.7 Å². The Hall–Kier alpha value is -1.17. The molecule has 2 N–H and O–H groups in total. The van der Waals surface area contributed by atoms with Gasteiger partial charge in [-0.1, -0.05) is 36.0 Å². The number of nitrogens with two attached hydrogens (primary N) is 1. The molecule has 108 valence electrons. The molecule has 4 nitrogen and oxygen atoms in total. The lowest BCUT2D eigenvalue weighted by atomic mass is 10.1. The van der Waals surface area contributed by atoms with E-state index < -0.39 is 0 Å². The topological polar surface area (TPSA) is 49.6 Å². The van der Waals surface area contributed by atoms with Crippen LogP contribution in [-0.4, -0.2) is 53.4 Å². The number of carbonyl (C=O) groups is 1. The Morgan fingerprint density at radius 3 is 2.60 bits per heavy atom. The first-order chi connectivity index (χ1) is 9.49. The summed E-state index contributed by atoms with van der Waals surface area (Å²) < 4.78 is 0. The van der Waals surface area contributed by atoms with Crippen molar-refractivity contribution < 1.29 is 4.79 Å². The number of thiocarbonyl (C=S) groups is 1. The van der Waals surface area contributed by atoms with E-state index in [1.54, 1.807) is 6.07 Å². The molecule has 0 aliphatic carbocycles. The summed E-state index contributed by atoms with van der Waals surface area (Å²) in [6.45, 7) is 5.43. The van der Waals surface area contributed by atoms with Gasteiger partial charge in [0.25, 0.3) is 5.91 Å². The van der Waals surface area contributed by atoms with Crippen LogP contribution in [0.4, 0.5) is 0 Å². The fourth-order valence-electron chi connectivity index (χ4n) is 2.31. The second kappa shape index (κ2) is 6.52. The van der Waals surface area contributed by atoms with Crippen molar-refractivity contribution >= 4 is 34.7 Å². The zero-order valence-electron chi connectivity index (χ0n) is 11.4. The molecule has 1 fully saturated rings. The second-order valence-electron chi connectivity index (χ2n) is 4.97. The number of benzene rings is 1. The Labute approximate surface area is 129 Å². The van der Waals surface area contributed by atoms with Gasteiger partial charge in [0.05, 0.1) is 15.6 Å². The number of hydrogen-bond acceptors (Lipinski definition) is 3. The Balaban J connectivity index is 2.02. The van der Waals surface area contributed by atoms with Crippen molar-refractivity contribution in [3.05, 3.63) is 34.3 Å². The molecule has 0 bridgehead atoms. The van der Waals surface area contributed by atoms with Crippen LogP contribution in [0.25, 0.3) is 0 Å². The van der Waals surface area contributed by atoms with Crippen LogP contribution in [0.3, 0.4) is 0 Å². The molecule has 0 atom stereocenters. The van der Waals surface area contributed by atoms with Crippen LogP contribution in [0.5, 0.6) is 0 Å². The first-order valence-electron chi connectivity index (χ1n) is 6.54. The maximum Gasteiger partial charge on any atom is 0.255 e. The molecular formula is C14H18ClN3OS. The lowest BCUT2D eigenvalue weighted by molar-refractivity contribution is 0.0654. The molecule has 2 rings (SSSR count). The summed E-state index contributed by atoms with van der Waals surface area (Å²) >= 11 is 11.1. The van der Waals surface area contributed by atoms with E-state index >= 15 is 0 Å². The number of piperazine rings is 1. The summed E-state index contributed by atoms with van der Waals surface area (Å²) in [5, 5.41) is 0.545. The Bertz CT molecular complexity index is 527. The van der Waals surface area contributed by atoms with E-state index in [9.17, 15) is 4.79 Å². The van der Waals surface area contributed by atoms with Crippen molar-refractivity contribution in [3.8, 4) is 0 Å². The maximum absolute atomic E-state index is 12.5. The fourth-order valence-corrected chi connectivity index (χ4v) is 2.70. The van der Waals surface area contributed by atoms with E-state index in [4.69, 9.17) is 29.6 Å². The van der Waals surface area contributed by atoms with E-state index in [-0.39, 0.29) is 5.91 Å². The Morgan fingerprint density at radius 1 is 1.35 bits per heavy atom. The van der Waals surface area contributed by atoms with Gasteiger partial charge in [0.1, 0.15) is 0 Å². The van der Waals surface area contributed by atoms with Crippen molar-refractivity contribution in [3.63, 3.8) is 0 Å². The highest BCUT2D eigenvalue weighted by atomic mass is 35.5. The quantitative estimate of drug-likeness (QED) is 0.863. The molecule has 1 aromatic carbocycles. The maximum atomic E-state index is 12.5. The van der Waals surface area contributed by atoms with Crippen molar-refractivity contribution in [1.29, 1.82) is 0 Å². The molecule has 1 saturated heterocycles. The third kappa shape index (κ3) is 3.48. The van der Waals surface area contributed by atoms with Gasteiger partial charge in [-0.05, 0) is 18.6 Å². The van der Waals surface area contributed by atoms with E-state index in [0.29, 0.717) is 35.2 Å². The minimum atomic E-state index is -0.00586. The summed E-state index contributed by atoms with van der Waals surface area (Å²) in [4.78, 5) is 17.0. The zero-order valence-corrected chi connectivity index (χ0v) is 13.0. The number of nitrogens with zero attached hydrogens (tertiary/aromatic N) is 2. The highest BCUT2D eigenvalue weighted by Gasteiger charge is 2.23. The number of amides is 1. The Kier molecular flexibility index (Phi) is 4.96. The SMILES string of the molecule is Cc1cccc(C(=O)N2CCN(CC(N)=S)CC2)c1Cl. The molecule has 6 heteroatoms. The molecule has 0 unspecified atom stereocenters. The van der Waals surface area contributed by atoms with Gasteiger partial charge in [-0.3, -0.25) is 9.69 Å². The summed E-state index contributed by atoms with van der Waals surface area (Å²) in [6, 6.07) is 5.54. The minimum absolute atomic E-state index is 0.00586. The molecule has 0 radical (unpaired) electrons. The molecule has 1 amide bonds. The predicted molar refractivity (Wildman–Crippen MR) is 85.3 cm³/mol. The molecule has 20 heavy (non-hydrogen) atoms. The number of hydrogen-bond donors (Lipinski definition) is 1. The summed E-state index contributed by atoms with van der Waals surface area (Å²) in [5.74, 6) is -0.00586. The largest absolute Gasteiger partial charge is 0.392 e. The van der Waals surface area contributed by atoms with Crippen molar-refractivity contribution in [1.82, 2.24) is 9.80 Å². The van der Waals surface area contributed by atoms with Gasteiger partial charge in [0.15, 0.2) is 0 Å². The third-order valence-electron chi connectivity index (χ3n) is 3.46. The van der Waals surface area contributed by atoms with Crippen LogP contribution >= 0.6 is 23.8 Å². The standard InChI is InChI=1S/C14H18ClN3OS/c1-10-3-2-4-11(13(10)15)14(19)18-7-5-17(6-8-18)9-12(16)20/h2-4H,5-9H2,1H3,(H2,16,20). The average Bonchev–Trinajstić information content (AvgIpc) is 2.41. The summed E-state index contributed by atoms with van der Waals surface area (Å²) in [5.41, 5.74) is 7.04. The van der Waals surface area contributed by atoms with Gasteiger partial charge in [0, 0.05) is 32.7 Å². The molecule has 1 heterocycles. The second-order valence-corrected chi connectivity index (χ2v) is 5.87. The van der Waals surface area contributed by atoms with Gasteiger partial charge < -0.3 is 10.6 Å². The van der Waals surface area contributed by atoms with E-state index in [1.165, 1.54) is 0 Å². The average molecular weight is 312 g/mol. The van der Waals surface area contributed by atoms with Crippen LogP contribution in [0.2, 0.25) is 5.02 Å². The fraction of sp³-hybridized carbons (Fsp3) is 0.429. The van der Waals surface area contributed by atoms with Gasteiger partial charge >= 0.3 is 0 Å². The van der Waals surface area contributed by atoms with Gasteiger partial charge in [-0.2, -0.15) is 0 Å². The number of halogens is 1. The van der Waals surface area contributed by atoms with Crippen LogP contribution in [0, 0.1) is 6.92 Å². The highest BCUT2D eigenvalue weighted by molar-refractivity contribution is 7.80. The monoisotopic (exact) mass is 311 g/mol. The molecule has 0 spiro atoms. The molecule has 1 aliphatic rings. The molecule has 1 aliphatic heterocycles. The van der Waals surface area contributed by atoms with E-state index in [2.05, 4.69) is 4.90 Å². The summed E-state index contributed by atoms with van der Waals surface area (Å²) in [7, 11) is 0. The number of carbonyl (C=O) groups excluding carboxylic acids is 1. The lowest BCUT2D eigenvalue weighted by Gasteiger charge is -2.34. The van der Waals surface area contributed by atoms with Crippen molar-refractivity contribution in [2.45, 2.75) is 6.92 Å². The molecule has 0 aromatic heterocycles. The van der Waals surface area contributed by atoms with Crippen molar-refractivity contribution in [2.24, 2.45) is 5.73 Å². The van der Waals surface area contributed by atoms with Crippen LogP contribution < -0.4 is 5.73 Å². The highest BCUT2D eigenvalue weighted by Crippen LogP contribution is 2.22. The van der Waals surface area contributed by atoms with Gasteiger partial charge in [0.2, 0.25) is 0 Å². The minimum Gasteiger partial charge on any atom is -0.392 e. The van der Waals surface area contributed by atoms with Crippen LogP contribution in [0.15, 0.2) is 18.2 Å². The first kappa shape index (κ1) is 15.2. The molecular weight excluding hydrogens is 294 g/mol. The van der Waals surface area contributed by atoms with Crippen LogP contribution in [-0.2, 0) is 0 Å². The van der Waals surface area contributed by atoms with Gasteiger partial charge in [-0.25, -0.2) is 0 Å².